The fourth-order valence-corrected chi connectivity index (χ4v) is 3.71. The van der Waals surface area contributed by atoms with Crippen molar-refractivity contribution in [2.45, 2.75) is 58.8 Å². The molecule has 0 aromatic heterocycles. The van der Waals surface area contributed by atoms with E-state index >= 15 is 0 Å². The highest BCUT2D eigenvalue weighted by Gasteiger charge is 2.26. The van der Waals surface area contributed by atoms with Crippen molar-refractivity contribution in [1.82, 2.24) is 5.43 Å². The average Bonchev–Trinajstić information content (AvgIpc) is 2.67. The lowest BCUT2D eigenvalue weighted by Crippen LogP contribution is -2.20. The zero-order chi connectivity index (χ0) is 22.8. The fraction of sp³-hybridized carbons (Fsp3) is 0.333. The molecule has 4 heteroatoms. The van der Waals surface area contributed by atoms with E-state index in [2.05, 4.69) is 52.1 Å². The summed E-state index contributed by atoms with van der Waals surface area (Å²) < 4.78 is 0. The van der Waals surface area contributed by atoms with Crippen molar-refractivity contribution >= 4 is 22.9 Å². The predicted molar refractivity (Wildman–Crippen MR) is 129 cm³/mol. The molecule has 0 spiro atoms. The van der Waals surface area contributed by atoms with E-state index in [4.69, 9.17) is 0 Å². The van der Waals surface area contributed by atoms with Gasteiger partial charge in [-0.1, -0.05) is 84.0 Å². The van der Waals surface area contributed by atoms with Gasteiger partial charge in [0.2, 0.25) is 5.91 Å². The molecule has 0 unspecified atom stereocenters. The zero-order valence-corrected chi connectivity index (χ0v) is 19.3. The highest BCUT2D eigenvalue weighted by Crippen LogP contribution is 2.39. The third-order valence-corrected chi connectivity index (χ3v) is 5.38. The lowest BCUT2D eigenvalue weighted by molar-refractivity contribution is -0.120. The Kier molecular flexibility index (Phi) is 6.21. The molecule has 0 radical (unpaired) electrons. The molecule has 0 bridgehead atoms. The Labute approximate surface area is 185 Å². The number of hydrogen-bond acceptors (Lipinski definition) is 3. The number of fused-ring (bicyclic) bond motifs is 1. The molecule has 0 aliphatic carbocycles. The number of carbonyl (C=O) groups is 1. The molecule has 3 aromatic carbocycles. The number of phenols is 1. The molecule has 0 aliphatic heterocycles. The quantitative estimate of drug-likeness (QED) is 0.415. The molecule has 0 saturated carbocycles. The fourth-order valence-electron chi connectivity index (χ4n) is 3.71. The van der Waals surface area contributed by atoms with Gasteiger partial charge in [-0.25, -0.2) is 5.43 Å². The second-order valence-corrected chi connectivity index (χ2v) is 10.1. The van der Waals surface area contributed by atoms with Gasteiger partial charge in [0, 0.05) is 11.1 Å². The van der Waals surface area contributed by atoms with Gasteiger partial charge in [0.25, 0.3) is 0 Å². The number of hydrazone groups is 1. The lowest BCUT2D eigenvalue weighted by Gasteiger charge is -2.27. The summed E-state index contributed by atoms with van der Waals surface area (Å²) in [6, 6.07) is 17.9. The first-order valence-electron chi connectivity index (χ1n) is 10.6. The number of nitrogens with one attached hydrogen (secondary N) is 1. The molecule has 0 fully saturated rings. The first kappa shape index (κ1) is 22.5. The molecular weight excluding hydrogens is 384 g/mol. The number of carbonyl (C=O) groups excluding carboxylic acids is 1. The summed E-state index contributed by atoms with van der Waals surface area (Å²) in [6.45, 7) is 12.4. The van der Waals surface area contributed by atoms with Crippen molar-refractivity contribution in [2.24, 2.45) is 5.10 Å². The largest absolute Gasteiger partial charge is 0.507 e. The summed E-state index contributed by atoms with van der Waals surface area (Å²) >= 11 is 0. The molecular formula is C27H32N2O2. The maximum atomic E-state index is 12.5. The summed E-state index contributed by atoms with van der Waals surface area (Å²) in [5.74, 6) is 0.163. The third kappa shape index (κ3) is 5.32. The van der Waals surface area contributed by atoms with E-state index in [9.17, 15) is 9.90 Å². The Balaban J connectivity index is 1.81. The Morgan fingerprint density at radius 2 is 1.52 bits per heavy atom. The van der Waals surface area contributed by atoms with Crippen LogP contribution in [-0.2, 0) is 22.0 Å². The van der Waals surface area contributed by atoms with Crippen LogP contribution in [0, 0.1) is 0 Å². The van der Waals surface area contributed by atoms with Crippen LogP contribution in [0.4, 0.5) is 0 Å². The van der Waals surface area contributed by atoms with Crippen molar-refractivity contribution in [3.05, 3.63) is 76.9 Å². The summed E-state index contributed by atoms with van der Waals surface area (Å²) in [4.78, 5) is 12.5. The number of phenolic OH excluding ortho intramolecular Hbond substituents is 1. The standard InChI is InChI=1S/C27H32N2O2/c1-26(2,3)22-14-18(15-23(25(22)31)27(4,5)6)17-28-29-24(30)16-20-12-9-11-19-10-7-8-13-21(19)20/h7-15,17,31H,16H2,1-6H3,(H,29,30)/b28-17-. The molecule has 0 heterocycles. The minimum atomic E-state index is -0.217. The average molecular weight is 417 g/mol. The molecule has 0 atom stereocenters. The molecule has 1 amide bonds. The number of rotatable bonds is 4. The van der Waals surface area contributed by atoms with Gasteiger partial charge in [0.1, 0.15) is 5.75 Å². The van der Waals surface area contributed by atoms with Crippen LogP contribution < -0.4 is 5.43 Å². The van der Waals surface area contributed by atoms with Gasteiger partial charge in [-0.05, 0) is 44.9 Å². The molecule has 0 aliphatic rings. The zero-order valence-electron chi connectivity index (χ0n) is 19.3. The van der Waals surface area contributed by atoms with E-state index in [0.29, 0.717) is 5.75 Å². The Morgan fingerprint density at radius 3 is 2.13 bits per heavy atom. The first-order chi connectivity index (χ1) is 14.5. The van der Waals surface area contributed by atoms with Crippen molar-refractivity contribution in [3.8, 4) is 5.75 Å². The van der Waals surface area contributed by atoms with E-state index in [-0.39, 0.29) is 23.2 Å². The first-order valence-corrected chi connectivity index (χ1v) is 10.6. The van der Waals surface area contributed by atoms with Gasteiger partial charge in [0.05, 0.1) is 12.6 Å². The number of amides is 1. The minimum Gasteiger partial charge on any atom is -0.507 e. The van der Waals surface area contributed by atoms with Crippen LogP contribution in [0.1, 0.15) is 63.8 Å². The van der Waals surface area contributed by atoms with Gasteiger partial charge in [-0.2, -0.15) is 5.10 Å². The molecule has 2 N–H and O–H groups in total. The van der Waals surface area contributed by atoms with Gasteiger partial charge in [0.15, 0.2) is 0 Å². The Hall–Kier alpha value is -3.14. The molecule has 162 valence electrons. The number of aromatic hydroxyl groups is 1. The van der Waals surface area contributed by atoms with Crippen LogP contribution in [0.3, 0.4) is 0 Å². The van der Waals surface area contributed by atoms with Gasteiger partial charge >= 0.3 is 0 Å². The second kappa shape index (κ2) is 8.54. The maximum Gasteiger partial charge on any atom is 0.244 e. The van der Waals surface area contributed by atoms with Crippen LogP contribution >= 0.6 is 0 Å². The van der Waals surface area contributed by atoms with Crippen LogP contribution in [0.2, 0.25) is 0 Å². The lowest BCUT2D eigenvalue weighted by atomic mass is 9.78. The van der Waals surface area contributed by atoms with E-state index < -0.39 is 0 Å². The third-order valence-electron chi connectivity index (χ3n) is 5.38. The van der Waals surface area contributed by atoms with E-state index in [1.807, 2.05) is 54.6 Å². The summed E-state index contributed by atoms with van der Waals surface area (Å²) in [6.07, 6.45) is 1.90. The highest BCUT2D eigenvalue weighted by molar-refractivity contribution is 5.90. The molecule has 3 rings (SSSR count). The smallest absolute Gasteiger partial charge is 0.244 e. The second-order valence-electron chi connectivity index (χ2n) is 10.1. The SMILES string of the molecule is CC(C)(C)c1cc(/C=N\NC(=O)Cc2cccc3ccccc23)cc(C(C)(C)C)c1O. The van der Waals surface area contributed by atoms with Crippen LogP contribution in [-0.4, -0.2) is 17.2 Å². The number of nitrogens with zero attached hydrogens (tertiary/aromatic N) is 1. The van der Waals surface area contributed by atoms with Crippen molar-refractivity contribution < 1.29 is 9.90 Å². The highest BCUT2D eigenvalue weighted by atomic mass is 16.3. The van der Waals surface area contributed by atoms with Crippen molar-refractivity contribution in [2.75, 3.05) is 0 Å². The molecule has 4 nitrogen and oxygen atoms in total. The molecule has 0 saturated heterocycles. The van der Waals surface area contributed by atoms with Crippen LogP contribution in [0.5, 0.6) is 5.75 Å². The maximum absolute atomic E-state index is 12.5. The van der Waals surface area contributed by atoms with E-state index in [1.54, 1.807) is 6.21 Å². The summed E-state index contributed by atoms with van der Waals surface area (Å²) in [7, 11) is 0. The Bertz CT molecular complexity index is 1090. The Morgan fingerprint density at radius 1 is 0.935 bits per heavy atom. The number of benzene rings is 3. The normalized spacial score (nSPS) is 12.5. The van der Waals surface area contributed by atoms with Crippen LogP contribution in [0.25, 0.3) is 10.8 Å². The van der Waals surface area contributed by atoms with Crippen molar-refractivity contribution in [1.29, 1.82) is 0 Å². The van der Waals surface area contributed by atoms with E-state index in [1.165, 1.54) is 0 Å². The number of hydrogen-bond donors (Lipinski definition) is 2. The monoisotopic (exact) mass is 416 g/mol. The van der Waals surface area contributed by atoms with Gasteiger partial charge in [-0.15, -0.1) is 0 Å². The van der Waals surface area contributed by atoms with Gasteiger partial charge in [-0.3, -0.25) is 4.79 Å². The topological polar surface area (TPSA) is 61.7 Å². The molecule has 3 aromatic rings. The summed E-state index contributed by atoms with van der Waals surface area (Å²) in [5.41, 5.74) is 5.76. The van der Waals surface area contributed by atoms with Gasteiger partial charge < -0.3 is 5.11 Å². The predicted octanol–water partition coefficient (Wildman–Crippen LogP) is 5.83. The van der Waals surface area contributed by atoms with E-state index in [0.717, 1.165) is 33.0 Å². The summed E-state index contributed by atoms with van der Waals surface area (Å²) in [5, 5.41) is 17.2. The van der Waals surface area contributed by atoms with Crippen LogP contribution in [0.15, 0.2) is 59.7 Å². The van der Waals surface area contributed by atoms with Crippen molar-refractivity contribution in [3.63, 3.8) is 0 Å². The molecule has 31 heavy (non-hydrogen) atoms. The minimum absolute atomic E-state index is 0.168.